The molecule has 0 radical (unpaired) electrons. The average molecular weight is 278 g/mol. The minimum atomic E-state index is -0.0178. The summed E-state index contributed by atoms with van der Waals surface area (Å²) in [5, 5.41) is 4.09. The van der Waals surface area contributed by atoms with Gasteiger partial charge in [0.15, 0.2) is 0 Å². The Balaban J connectivity index is 2.09. The molecule has 1 aromatic heterocycles. The van der Waals surface area contributed by atoms with Crippen LogP contribution in [0, 0.1) is 0 Å². The van der Waals surface area contributed by atoms with Gasteiger partial charge in [-0.25, -0.2) is 0 Å². The zero-order valence-corrected chi connectivity index (χ0v) is 11.8. The van der Waals surface area contributed by atoms with Crippen LogP contribution in [0.15, 0.2) is 36.7 Å². The quantitative estimate of drug-likeness (QED) is 0.805. The predicted molar refractivity (Wildman–Crippen MR) is 75.0 cm³/mol. The minimum absolute atomic E-state index is 0.0178. The maximum absolute atomic E-state index is 12.3. The second-order valence-electron chi connectivity index (χ2n) is 4.52. The summed E-state index contributed by atoms with van der Waals surface area (Å²) in [6.07, 6.45) is 3.66. The van der Waals surface area contributed by atoms with Gasteiger partial charge in [-0.2, -0.15) is 5.10 Å². The maximum Gasteiger partial charge on any atom is 0.253 e. The Kier molecular flexibility index (Phi) is 4.22. The molecule has 1 amide bonds. The summed E-state index contributed by atoms with van der Waals surface area (Å²) in [5.74, 6) is 0.392. The fraction of sp³-hybridized carbons (Fsp3) is 0.286. The van der Waals surface area contributed by atoms with Gasteiger partial charge < -0.3 is 4.90 Å². The number of carbonyl (C=O) groups is 1. The zero-order valence-electron chi connectivity index (χ0n) is 11.0. The molecular weight excluding hydrogens is 262 g/mol. The highest BCUT2D eigenvalue weighted by Crippen LogP contribution is 2.11. The van der Waals surface area contributed by atoms with Crippen LogP contribution in [-0.4, -0.2) is 27.6 Å². The van der Waals surface area contributed by atoms with Crippen LogP contribution in [0.5, 0.6) is 0 Å². The summed E-state index contributed by atoms with van der Waals surface area (Å²) < 4.78 is 1.72. The number of carbonyl (C=O) groups excluding carboxylic acids is 1. The lowest BCUT2D eigenvalue weighted by molar-refractivity contribution is 0.0785. The molecule has 0 aliphatic heterocycles. The topological polar surface area (TPSA) is 38.1 Å². The maximum atomic E-state index is 12.3. The third kappa shape index (κ3) is 3.35. The molecule has 0 fully saturated rings. The number of benzene rings is 1. The first-order chi connectivity index (χ1) is 9.10. The second kappa shape index (κ2) is 5.89. The number of hydrogen-bond donors (Lipinski definition) is 0. The van der Waals surface area contributed by atoms with Crippen molar-refractivity contribution in [2.24, 2.45) is 7.05 Å². The van der Waals surface area contributed by atoms with Gasteiger partial charge in [0.25, 0.3) is 5.91 Å². The smallest absolute Gasteiger partial charge is 0.253 e. The second-order valence-corrected chi connectivity index (χ2v) is 4.78. The Morgan fingerprint density at radius 3 is 2.84 bits per heavy atom. The monoisotopic (exact) mass is 277 g/mol. The number of alkyl halides is 1. The van der Waals surface area contributed by atoms with Crippen molar-refractivity contribution in [1.82, 2.24) is 14.7 Å². The van der Waals surface area contributed by atoms with Crippen molar-refractivity contribution in [3.05, 3.63) is 53.3 Å². The summed E-state index contributed by atoms with van der Waals surface area (Å²) in [7, 11) is 3.64. The van der Waals surface area contributed by atoms with Crippen molar-refractivity contribution in [1.29, 1.82) is 0 Å². The van der Waals surface area contributed by atoms with E-state index in [0.29, 0.717) is 18.0 Å². The first-order valence-electron chi connectivity index (χ1n) is 5.98. The van der Waals surface area contributed by atoms with Gasteiger partial charge >= 0.3 is 0 Å². The van der Waals surface area contributed by atoms with Gasteiger partial charge in [0.05, 0.1) is 6.20 Å². The summed E-state index contributed by atoms with van der Waals surface area (Å²) in [6.45, 7) is 0.539. The molecule has 5 heteroatoms. The minimum Gasteiger partial charge on any atom is -0.337 e. The van der Waals surface area contributed by atoms with Crippen molar-refractivity contribution in [2.45, 2.75) is 12.4 Å². The highest BCUT2D eigenvalue weighted by atomic mass is 35.5. The fourth-order valence-electron chi connectivity index (χ4n) is 1.91. The van der Waals surface area contributed by atoms with Gasteiger partial charge in [0, 0.05) is 43.8 Å². The van der Waals surface area contributed by atoms with Crippen LogP contribution in [0.2, 0.25) is 0 Å². The van der Waals surface area contributed by atoms with Crippen LogP contribution < -0.4 is 0 Å². The van der Waals surface area contributed by atoms with E-state index in [1.807, 2.05) is 31.4 Å². The van der Waals surface area contributed by atoms with Crippen molar-refractivity contribution >= 4 is 17.5 Å². The zero-order chi connectivity index (χ0) is 13.8. The largest absolute Gasteiger partial charge is 0.337 e. The molecule has 1 heterocycles. The van der Waals surface area contributed by atoms with Crippen LogP contribution in [0.1, 0.15) is 21.5 Å². The molecule has 0 saturated heterocycles. The summed E-state index contributed by atoms with van der Waals surface area (Å²) in [5.41, 5.74) is 2.61. The number of halogens is 1. The summed E-state index contributed by atoms with van der Waals surface area (Å²) in [6, 6.07) is 7.39. The van der Waals surface area contributed by atoms with Crippen LogP contribution >= 0.6 is 11.6 Å². The molecule has 100 valence electrons. The summed E-state index contributed by atoms with van der Waals surface area (Å²) >= 11 is 5.78. The van der Waals surface area contributed by atoms with E-state index in [9.17, 15) is 4.79 Å². The molecule has 19 heavy (non-hydrogen) atoms. The summed E-state index contributed by atoms with van der Waals surface area (Å²) in [4.78, 5) is 14.0. The standard InChI is InChI=1S/C14H16ClN3O/c1-17(9-12-8-16-18(2)10-12)14(19)13-5-3-4-11(6-13)7-15/h3-6,8,10H,7,9H2,1-2H3. The van der Waals surface area contributed by atoms with E-state index in [0.717, 1.165) is 11.1 Å². The first kappa shape index (κ1) is 13.6. The van der Waals surface area contributed by atoms with E-state index in [-0.39, 0.29) is 5.91 Å². The molecule has 0 N–H and O–H groups in total. The molecule has 0 unspecified atom stereocenters. The molecule has 0 aliphatic carbocycles. The third-order valence-electron chi connectivity index (χ3n) is 2.85. The van der Waals surface area contributed by atoms with Crippen LogP contribution in [0.25, 0.3) is 0 Å². The lowest BCUT2D eigenvalue weighted by atomic mass is 10.1. The molecule has 2 aromatic rings. The van der Waals surface area contributed by atoms with Gasteiger partial charge in [0.2, 0.25) is 0 Å². The normalized spacial score (nSPS) is 10.5. The number of aryl methyl sites for hydroxylation is 1. The third-order valence-corrected chi connectivity index (χ3v) is 3.16. The Hall–Kier alpha value is -1.81. The van der Waals surface area contributed by atoms with Gasteiger partial charge in [-0.1, -0.05) is 12.1 Å². The highest BCUT2D eigenvalue weighted by Gasteiger charge is 2.13. The highest BCUT2D eigenvalue weighted by molar-refractivity contribution is 6.17. The molecule has 4 nitrogen and oxygen atoms in total. The molecule has 2 rings (SSSR count). The first-order valence-corrected chi connectivity index (χ1v) is 6.51. The number of nitrogens with zero attached hydrogens (tertiary/aromatic N) is 3. The lowest BCUT2D eigenvalue weighted by Crippen LogP contribution is -2.26. The Morgan fingerprint density at radius 1 is 1.42 bits per heavy atom. The van der Waals surface area contributed by atoms with Crippen molar-refractivity contribution in [2.75, 3.05) is 7.05 Å². The van der Waals surface area contributed by atoms with Gasteiger partial charge in [0.1, 0.15) is 0 Å². The van der Waals surface area contributed by atoms with E-state index in [2.05, 4.69) is 5.10 Å². The molecule has 0 atom stereocenters. The molecule has 0 saturated carbocycles. The molecule has 0 aliphatic rings. The molecule has 0 spiro atoms. The van der Waals surface area contributed by atoms with E-state index >= 15 is 0 Å². The van der Waals surface area contributed by atoms with Crippen LogP contribution in [0.3, 0.4) is 0 Å². The number of aromatic nitrogens is 2. The number of rotatable bonds is 4. The van der Waals surface area contributed by atoms with Gasteiger partial charge in [-0.05, 0) is 17.7 Å². The number of amides is 1. The Labute approximate surface area is 117 Å². The predicted octanol–water partition coefficient (Wildman–Crippen LogP) is 2.43. The van der Waals surface area contributed by atoms with E-state index < -0.39 is 0 Å². The van der Waals surface area contributed by atoms with E-state index in [1.54, 1.807) is 28.9 Å². The molecule has 1 aromatic carbocycles. The average Bonchev–Trinajstić information content (AvgIpc) is 2.83. The van der Waals surface area contributed by atoms with Crippen molar-refractivity contribution < 1.29 is 4.79 Å². The van der Waals surface area contributed by atoms with Crippen molar-refractivity contribution in [3.63, 3.8) is 0 Å². The van der Waals surface area contributed by atoms with E-state index in [4.69, 9.17) is 11.6 Å². The van der Waals surface area contributed by atoms with Gasteiger partial charge in [-0.3, -0.25) is 9.48 Å². The number of hydrogen-bond acceptors (Lipinski definition) is 2. The molecule has 0 bridgehead atoms. The van der Waals surface area contributed by atoms with E-state index in [1.165, 1.54) is 0 Å². The lowest BCUT2D eigenvalue weighted by Gasteiger charge is -2.16. The van der Waals surface area contributed by atoms with Crippen molar-refractivity contribution in [3.8, 4) is 0 Å². The Morgan fingerprint density at radius 2 is 2.21 bits per heavy atom. The van der Waals surface area contributed by atoms with Crippen LogP contribution in [-0.2, 0) is 19.5 Å². The van der Waals surface area contributed by atoms with Gasteiger partial charge in [-0.15, -0.1) is 11.6 Å². The fourth-order valence-corrected chi connectivity index (χ4v) is 2.07. The SMILES string of the molecule is CN(Cc1cnn(C)c1)C(=O)c1cccc(CCl)c1. The van der Waals surface area contributed by atoms with Crippen LogP contribution in [0.4, 0.5) is 0 Å². The molecular formula is C14H16ClN3O. The Bertz CT molecular complexity index is 580.